The number of aromatic nitrogens is 5. The molecule has 8 rings (SSSR count). The fraction of sp³-hybridized carbons (Fsp3) is 0.415. The summed E-state index contributed by atoms with van der Waals surface area (Å²) in [4.78, 5) is 19.0. The predicted molar refractivity (Wildman–Crippen MR) is 206 cm³/mol. The van der Waals surface area contributed by atoms with Crippen LogP contribution in [0.2, 0.25) is 5.02 Å². The van der Waals surface area contributed by atoms with Crippen molar-refractivity contribution in [2.45, 2.75) is 68.0 Å². The lowest BCUT2D eigenvalue weighted by Crippen LogP contribution is -2.46. The van der Waals surface area contributed by atoms with Crippen LogP contribution in [0.3, 0.4) is 0 Å². The maximum Gasteiger partial charge on any atom is 0.435 e. The number of halogens is 8. The minimum atomic E-state index is -5.05. The van der Waals surface area contributed by atoms with E-state index in [0.29, 0.717) is 52.5 Å². The average molecular weight is 877 g/mol. The zero-order chi connectivity index (χ0) is 43.1. The minimum absolute atomic E-state index is 0.0897. The summed E-state index contributed by atoms with van der Waals surface area (Å²) in [5.74, 6) is -4.11. The van der Waals surface area contributed by atoms with Crippen LogP contribution in [0.4, 0.5) is 30.7 Å². The lowest BCUT2D eigenvalue weighted by Gasteiger charge is -2.29. The average Bonchev–Trinajstić information content (AvgIpc) is 3.68. The lowest BCUT2D eigenvalue weighted by atomic mass is 9.86. The van der Waals surface area contributed by atoms with Crippen molar-refractivity contribution in [2.24, 2.45) is 13.0 Å². The maximum absolute atomic E-state index is 15.5. The number of sulfone groups is 1. The fourth-order valence-corrected chi connectivity index (χ4v) is 9.45. The van der Waals surface area contributed by atoms with Crippen LogP contribution in [0.15, 0.2) is 42.5 Å². The zero-order valence-electron chi connectivity index (χ0n) is 32.2. The Morgan fingerprint density at radius 1 is 1.10 bits per heavy atom. The van der Waals surface area contributed by atoms with Gasteiger partial charge in [-0.15, -0.1) is 0 Å². The fourth-order valence-electron chi connectivity index (χ4n) is 8.49. The van der Waals surface area contributed by atoms with Gasteiger partial charge in [-0.25, -0.2) is 22.2 Å². The number of carbonyl (C=O) groups excluding carboxylic acids is 1. The van der Waals surface area contributed by atoms with Crippen molar-refractivity contribution >= 4 is 38.1 Å². The van der Waals surface area contributed by atoms with Gasteiger partial charge >= 0.3 is 6.18 Å². The molecule has 2 aliphatic carbocycles. The van der Waals surface area contributed by atoms with Gasteiger partial charge in [0, 0.05) is 72.8 Å². The monoisotopic (exact) mass is 876 g/mol. The first-order valence-corrected chi connectivity index (χ1v) is 21.3. The van der Waals surface area contributed by atoms with E-state index in [1.807, 2.05) is 0 Å². The van der Waals surface area contributed by atoms with E-state index >= 15 is 8.78 Å². The third-order valence-electron chi connectivity index (χ3n) is 11.0. The Morgan fingerprint density at radius 2 is 1.82 bits per heavy atom. The number of hydrogen-bond donors (Lipinski definition) is 1. The molecular weight excluding hydrogens is 841 g/mol. The Bertz CT molecular complexity index is 2730. The van der Waals surface area contributed by atoms with Gasteiger partial charge in [0.15, 0.2) is 21.3 Å². The molecule has 10 nitrogen and oxygen atoms in total. The van der Waals surface area contributed by atoms with E-state index in [9.17, 15) is 35.2 Å². The van der Waals surface area contributed by atoms with E-state index in [1.165, 1.54) is 10.7 Å². The number of Topliss-reactive ketones (excluding diaryl/α,β-unsaturated/α-hetero) is 1. The van der Waals surface area contributed by atoms with Crippen molar-refractivity contribution in [3.8, 4) is 23.0 Å². The topological polar surface area (TPSA) is 121 Å². The molecular formula is C41H36ClF7N6O4S. The number of alkyl halides is 5. The molecule has 1 aliphatic heterocycles. The van der Waals surface area contributed by atoms with Crippen molar-refractivity contribution < 1.29 is 48.7 Å². The quantitative estimate of drug-likeness (QED) is 0.115. The number of rotatable bonds is 10. The molecule has 2 fully saturated rings. The van der Waals surface area contributed by atoms with Gasteiger partial charge in [-0.1, -0.05) is 23.6 Å². The van der Waals surface area contributed by atoms with Gasteiger partial charge in [0.1, 0.15) is 35.2 Å². The summed E-state index contributed by atoms with van der Waals surface area (Å²) in [6, 6.07) is 9.17. The van der Waals surface area contributed by atoms with E-state index in [2.05, 4.69) is 27.4 Å². The third-order valence-corrected chi connectivity index (χ3v) is 12.1. The van der Waals surface area contributed by atoms with Crippen LogP contribution in [-0.4, -0.2) is 70.3 Å². The van der Waals surface area contributed by atoms with Crippen LogP contribution < -0.4 is 5.32 Å². The molecule has 5 aromatic rings. The number of hydrogen-bond acceptors (Lipinski definition) is 8. The van der Waals surface area contributed by atoms with Gasteiger partial charge in [-0.3, -0.25) is 14.2 Å². The molecule has 0 radical (unpaired) electrons. The first-order valence-electron chi connectivity index (χ1n) is 18.9. The molecule has 316 valence electrons. The van der Waals surface area contributed by atoms with Crippen LogP contribution in [-0.2, 0) is 57.2 Å². The first kappa shape index (κ1) is 41.9. The molecule has 4 atom stereocenters. The number of nitrogens with zero attached hydrogens (tertiary/aromatic N) is 5. The number of ether oxygens (including phenoxy) is 1. The Balaban J connectivity index is 1.28. The van der Waals surface area contributed by atoms with Crippen LogP contribution in [0, 0.1) is 29.4 Å². The molecule has 1 N–H and O–H groups in total. The molecule has 0 amide bonds. The van der Waals surface area contributed by atoms with E-state index < -0.39 is 98.4 Å². The van der Waals surface area contributed by atoms with Crippen LogP contribution >= 0.6 is 11.6 Å². The highest BCUT2D eigenvalue weighted by Gasteiger charge is 2.68. The van der Waals surface area contributed by atoms with E-state index in [1.54, 1.807) is 32.2 Å². The highest BCUT2D eigenvalue weighted by Crippen LogP contribution is 2.68. The molecule has 3 aliphatic rings. The Hall–Kier alpha value is -4.83. The Labute approximate surface area is 344 Å². The second-order valence-corrected chi connectivity index (χ2v) is 18.4. The van der Waals surface area contributed by atoms with E-state index in [4.69, 9.17) is 21.3 Å². The van der Waals surface area contributed by atoms with Crippen molar-refractivity contribution in [1.82, 2.24) is 29.9 Å². The molecule has 3 aromatic heterocycles. The number of nitrogens with one attached hydrogen (secondary N) is 1. The molecule has 1 unspecified atom stereocenters. The number of morpholine rings is 1. The smallest absolute Gasteiger partial charge is 0.360 e. The second kappa shape index (κ2) is 15.0. The normalized spacial score (nSPS) is 21.3. The molecule has 1 saturated heterocycles. The summed E-state index contributed by atoms with van der Waals surface area (Å²) in [5.41, 5.74) is -2.17. The highest BCUT2D eigenvalue weighted by molar-refractivity contribution is 7.89. The SMILES string of the molecule is Cn1nc(CS(C)(=O)=O)c2c(Cl)ccc(-c3ccc(C#CC4(C)CNCCO4)nc3[C@@H](CC(=O)Cn3nc(C(F)(F)F)c4c3C(F)(F)[C@@H]3C[C@H]43)Cc3cc(F)cc(F)c3)c21. The summed E-state index contributed by atoms with van der Waals surface area (Å²) in [7, 11) is -2.01. The molecule has 1 saturated carbocycles. The van der Waals surface area contributed by atoms with Crippen LogP contribution in [0.5, 0.6) is 0 Å². The summed E-state index contributed by atoms with van der Waals surface area (Å²) >= 11 is 6.66. The molecule has 4 heterocycles. The van der Waals surface area contributed by atoms with Gasteiger partial charge in [0.2, 0.25) is 0 Å². The Morgan fingerprint density at radius 3 is 2.48 bits per heavy atom. The molecule has 0 spiro atoms. The first-order chi connectivity index (χ1) is 28.1. The summed E-state index contributed by atoms with van der Waals surface area (Å²) < 4.78 is 135. The van der Waals surface area contributed by atoms with Gasteiger partial charge in [-0.05, 0) is 67.5 Å². The molecule has 0 bridgehead atoms. The predicted octanol–water partition coefficient (Wildman–Crippen LogP) is 7.25. The standard InChI is InChI=1S/C41H36ClF7N6O4S/c1-39(20-50-10-11-59-39)9-8-25-4-5-27(28-6-7-31(42)34-32(19-60(3,57)58)52-54(2)36(28)34)35(51-25)22(12-21-13-23(43)16-24(44)14-21)15-26(56)18-55-38-33(37(53-55)41(47,48)49)29-17-30(29)40(38,45)46/h4-7,13-14,16,22,29-30,50H,10-12,15,17-20H2,1-3H3/t22-,29+,30-,39?/m1/s1. The van der Waals surface area contributed by atoms with Gasteiger partial charge in [0.25, 0.3) is 5.92 Å². The summed E-state index contributed by atoms with van der Waals surface area (Å²) in [6.45, 7) is 2.25. The third kappa shape index (κ3) is 8.04. The number of fused-ring (bicyclic) bond motifs is 4. The van der Waals surface area contributed by atoms with Crippen molar-refractivity contribution in [3.05, 3.63) is 98.7 Å². The maximum atomic E-state index is 15.5. The van der Waals surface area contributed by atoms with Gasteiger partial charge < -0.3 is 10.1 Å². The van der Waals surface area contributed by atoms with Crippen molar-refractivity contribution in [2.75, 3.05) is 26.0 Å². The van der Waals surface area contributed by atoms with E-state index in [-0.39, 0.29) is 40.5 Å². The van der Waals surface area contributed by atoms with Crippen molar-refractivity contribution in [3.63, 3.8) is 0 Å². The van der Waals surface area contributed by atoms with Crippen LogP contribution in [0.25, 0.3) is 22.0 Å². The number of pyridine rings is 1. The molecule has 2 aromatic carbocycles. The number of aryl methyl sites for hydroxylation is 1. The number of ketones is 1. The van der Waals surface area contributed by atoms with Gasteiger partial charge in [-0.2, -0.15) is 32.1 Å². The minimum Gasteiger partial charge on any atom is -0.360 e. The largest absolute Gasteiger partial charge is 0.435 e. The number of carbonyl (C=O) groups is 1. The Kier molecular flexibility index (Phi) is 10.4. The van der Waals surface area contributed by atoms with Crippen molar-refractivity contribution in [1.29, 1.82) is 0 Å². The molecule has 19 heteroatoms. The molecule has 60 heavy (non-hydrogen) atoms. The zero-order valence-corrected chi connectivity index (χ0v) is 33.8. The lowest BCUT2D eigenvalue weighted by molar-refractivity contribution is -0.142. The highest BCUT2D eigenvalue weighted by atomic mass is 35.5. The number of benzene rings is 2. The van der Waals surface area contributed by atoms with E-state index in [0.717, 1.165) is 18.4 Å². The second-order valence-electron chi connectivity index (χ2n) is 15.9. The van der Waals surface area contributed by atoms with Crippen LogP contribution in [0.1, 0.15) is 71.2 Å². The van der Waals surface area contributed by atoms with Gasteiger partial charge in [0.05, 0.1) is 34.3 Å². The summed E-state index contributed by atoms with van der Waals surface area (Å²) in [6.07, 6.45) is -4.95. The summed E-state index contributed by atoms with van der Waals surface area (Å²) in [5, 5.41) is 11.7.